The Morgan fingerprint density at radius 2 is 1.96 bits per heavy atom. The van der Waals surface area contributed by atoms with Gasteiger partial charge in [0.25, 0.3) is 0 Å². The van der Waals surface area contributed by atoms with Gasteiger partial charge in [0.2, 0.25) is 11.8 Å². The highest BCUT2D eigenvalue weighted by molar-refractivity contribution is 6.00. The third-order valence-corrected chi connectivity index (χ3v) is 5.12. The lowest BCUT2D eigenvalue weighted by molar-refractivity contribution is -0.138. The number of carbonyl (C=O) groups excluding carboxylic acids is 2. The van der Waals surface area contributed by atoms with Crippen LogP contribution in [0.3, 0.4) is 0 Å². The largest absolute Gasteiger partial charge is 0.481 e. The number of anilines is 1. The molecular formula is C19H24N2O4. The molecule has 0 aromatic heterocycles. The molecule has 1 saturated heterocycles. The number of rotatable bonds is 4. The summed E-state index contributed by atoms with van der Waals surface area (Å²) < 4.78 is 0. The van der Waals surface area contributed by atoms with Crippen molar-refractivity contribution in [2.75, 3.05) is 24.5 Å². The predicted molar refractivity (Wildman–Crippen MR) is 93.4 cm³/mol. The second-order valence-electron chi connectivity index (χ2n) is 6.83. The maximum absolute atomic E-state index is 13.1. The minimum Gasteiger partial charge on any atom is -0.481 e. The molecule has 3 rings (SSSR count). The Bertz CT molecular complexity index is 688. The van der Waals surface area contributed by atoms with Gasteiger partial charge in [0, 0.05) is 31.7 Å². The van der Waals surface area contributed by atoms with Crippen molar-refractivity contribution in [3.05, 3.63) is 29.8 Å². The summed E-state index contributed by atoms with van der Waals surface area (Å²) in [6.07, 6.45) is 2.86. The Morgan fingerprint density at radius 1 is 1.20 bits per heavy atom. The van der Waals surface area contributed by atoms with Gasteiger partial charge in [-0.15, -0.1) is 0 Å². The highest BCUT2D eigenvalue weighted by atomic mass is 16.4. The maximum Gasteiger partial charge on any atom is 0.312 e. The number of carboxylic acids is 1. The molecule has 1 aromatic carbocycles. The van der Waals surface area contributed by atoms with E-state index in [1.54, 1.807) is 28.0 Å². The van der Waals surface area contributed by atoms with Crippen LogP contribution in [-0.4, -0.2) is 47.4 Å². The van der Waals surface area contributed by atoms with Crippen molar-refractivity contribution in [2.45, 2.75) is 38.5 Å². The van der Waals surface area contributed by atoms with Crippen LogP contribution in [-0.2, 0) is 14.4 Å². The van der Waals surface area contributed by atoms with Crippen molar-refractivity contribution < 1.29 is 19.5 Å². The third-order valence-electron chi connectivity index (χ3n) is 5.12. The van der Waals surface area contributed by atoms with Gasteiger partial charge in [-0.2, -0.15) is 0 Å². The predicted octanol–water partition coefficient (Wildman–Crippen LogP) is 2.24. The molecule has 0 saturated carbocycles. The standard InChI is InChI=1S/C19H24N2O4/c1-2-6-17(22)20-10-5-7-13(11-20)18(23)21-12-15(19(24)25)14-8-3-4-9-16(14)21/h3-4,8-9,13,15H,2,5-7,10-12H2,1H3,(H,24,25). The van der Waals surface area contributed by atoms with E-state index >= 15 is 0 Å². The van der Waals surface area contributed by atoms with E-state index in [2.05, 4.69) is 0 Å². The number of fused-ring (bicyclic) bond motifs is 1. The third kappa shape index (κ3) is 3.38. The average molecular weight is 344 g/mol. The van der Waals surface area contributed by atoms with Crippen LogP contribution in [0, 0.1) is 5.92 Å². The number of hydrogen-bond acceptors (Lipinski definition) is 3. The first kappa shape index (κ1) is 17.5. The minimum absolute atomic E-state index is 0.0646. The number of amides is 2. The molecule has 6 nitrogen and oxygen atoms in total. The van der Waals surface area contributed by atoms with Crippen LogP contribution in [0.15, 0.2) is 24.3 Å². The molecule has 0 bridgehead atoms. The van der Waals surface area contributed by atoms with Gasteiger partial charge in [0.1, 0.15) is 5.92 Å². The Labute approximate surface area is 147 Å². The molecule has 0 radical (unpaired) electrons. The molecule has 2 aliphatic heterocycles. The maximum atomic E-state index is 13.1. The van der Waals surface area contributed by atoms with E-state index < -0.39 is 11.9 Å². The van der Waals surface area contributed by atoms with Crippen LogP contribution in [0.25, 0.3) is 0 Å². The van der Waals surface area contributed by atoms with Crippen LogP contribution in [0.2, 0.25) is 0 Å². The highest BCUT2D eigenvalue weighted by Gasteiger charge is 2.39. The molecule has 2 aliphatic rings. The van der Waals surface area contributed by atoms with Gasteiger partial charge in [-0.3, -0.25) is 14.4 Å². The van der Waals surface area contributed by atoms with Gasteiger partial charge >= 0.3 is 5.97 Å². The summed E-state index contributed by atoms with van der Waals surface area (Å²) in [6, 6.07) is 7.20. The van der Waals surface area contributed by atoms with Crippen LogP contribution < -0.4 is 4.90 Å². The summed E-state index contributed by atoms with van der Waals surface area (Å²) in [4.78, 5) is 40.1. The Morgan fingerprint density at radius 3 is 2.68 bits per heavy atom. The van der Waals surface area contributed by atoms with Crippen molar-refractivity contribution in [2.24, 2.45) is 5.92 Å². The zero-order valence-electron chi connectivity index (χ0n) is 14.5. The van der Waals surface area contributed by atoms with Crippen LogP contribution in [0.5, 0.6) is 0 Å². The number of hydrogen-bond donors (Lipinski definition) is 1. The first-order chi connectivity index (χ1) is 12.0. The average Bonchev–Trinajstić information content (AvgIpc) is 3.01. The van der Waals surface area contributed by atoms with Gasteiger partial charge in [-0.05, 0) is 30.9 Å². The SMILES string of the molecule is CCCC(=O)N1CCCC(C(=O)N2CC(C(=O)O)c3ccccc32)C1. The first-order valence-electron chi connectivity index (χ1n) is 8.93. The Balaban J connectivity index is 1.77. The van der Waals surface area contributed by atoms with Crippen LogP contribution in [0.4, 0.5) is 5.69 Å². The fourth-order valence-electron chi connectivity index (χ4n) is 3.82. The summed E-state index contributed by atoms with van der Waals surface area (Å²) in [5.74, 6) is -1.81. The van der Waals surface area contributed by atoms with Gasteiger partial charge in [-0.1, -0.05) is 25.1 Å². The van der Waals surface area contributed by atoms with Crippen molar-refractivity contribution in [1.29, 1.82) is 0 Å². The van der Waals surface area contributed by atoms with E-state index in [9.17, 15) is 19.5 Å². The normalized spacial score (nSPS) is 22.6. The zero-order chi connectivity index (χ0) is 18.0. The molecule has 25 heavy (non-hydrogen) atoms. The minimum atomic E-state index is -0.911. The fraction of sp³-hybridized carbons (Fsp3) is 0.526. The lowest BCUT2D eigenvalue weighted by Gasteiger charge is -2.34. The Kier molecular flexibility index (Phi) is 5.06. The lowest BCUT2D eigenvalue weighted by atomic mass is 9.96. The second-order valence-corrected chi connectivity index (χ2v) is 6.83. The fourth-order valence-corrected chi connectivity index (χ4v) is 3.82. The number of nitrogens with zero attached hydrogens (tertiary/aromatic N) is 2. The topological polar surface area (TPSA) is 77.9 Å². The lowest BCUT2D eigenvalue weighted by Crippen LogP contribution is -2.46. The first-order valence-corrected chi connectivity index (χ1v) is 8.93. The van der Waals surface area contributed by atoms with Crippen molar-refractivity contribution in [1.82, 2.24) is 4.90 Å². The smallest absolute Gasteiger partial charge is 0.312 e. The van der Waals surface area contributed by atoms with Crippen LogP contribution >= 0.6 is 0 Å². The zero-order valence-corrected chi connectivity index (χ0v) is 14.5. The molecule has 2 amide bonds. The van der Waals surface area contributed by atoms with E-state index in [-0.39, 0.29) is 24.3 Å². The summed E-state index contributed by atoms with van der Waals surface area (Å²) in [5.41, 5.74) is 1.38. The summed E-state index contributed by atoms with van der Waals surface area (Å²) in [5, 5.41) is 9.45. The van der Waals surface area contributed by atoms with Gasteiger partial charge in [0.05, 0.1) is 5.92 Å². The van der Waals surface area contributed by atoms with Gasteiger partial charge in [-0.25, -0.2) is 0 Å². The molecule has 134 valence electrons. The molecule has 1 fully saturated rings. The number of likely N-dealkylation sites (tertiary alicyclic amines) is 1. The monoisotopic (exact) mass is 344 g/mol. The summed E-state index contributed by atoms with van der Waals surface area (Å²) >= 11 is 0. The number of carboxylic acid groups (broad SMARTS) is 1. The summed E-state index contributed by atoms with van der Waals surface area (Å²) in [7, 11) is 0. The molecule has 2 atom stereocenters. The molecule has 0 aliphatic carbocycles. The highest BCUT2D eigenvalue weighted by Crippen LogP contribution is 2.37. The quantitative estimate of drug-likeness (QED) is 0.909. The van der Waals surface area contributed by atoms with Gasteiger partial charge in [0.15, 0.2) is 0 Å². The van der Waals surface area contributed by atoms with E-state index in [1.807, 2.05) is 13.0 Å². The van der Waals surface area contributed by atoms with E-state index in [4.69, 9.17) is 0 Å². The van der Waals surface area contributed by atoms with Crippen molar-refractivity contribution >= 4 is 23.5 Å². The van der Waals surface area contributed by atoms with E-state index in [1.165, 1.54) is 0 Å². The van der Waals surface area contributed by atoms with Gasteiger partial charge < -0.3 is 14.9 Å². The molecule has 1 N–H and O–H groups in total. The number of benzene rings is 1. The van der Waals surface area contributed by atoms with E-state index in [0.29, 0.717) is 30.8 Å². The molecule has 2 unspecified atom stereocenters. The Hall–Kier alpha value is -2.37. The number of para-hydroxylation sites is 1. The summed E-state index contributed by atoms with van der Waals surface area (Å²) in [6.45, 7) is 3.29. The molecule has 0 spiro atoms. The second kappa shape index (κ2) is 7.25. The molecule has 6 heteroatoms. The van der Waals surface area contributed by atoms with Crippen molar-refractivity contribution in [3.8, 4) is 0 Å². The number of carbonyl (C=O) groups is 3. The van der Waals surface area contributed by atoms with Crippen LogP contribution in [0.1, 0.15) is 44.1 Å². The number of piperidine rings is 1. The number of aliphatic carboxylic acids is 1. The molecular weight excluding hydrogens is 320 g/mol. The molecule has 2 heterocycles. The van der Waals surface area contributed by atoms with E-state index in [0.717, 1.165) is 19.3 Å². The molecule has 1 aromatic rings. The van der Waals surface area contributed by atoms with Crippen molar-refractivity contribution in [3.63, 3.8) is 0 Å².